The van der Waals surface area contributed by atoms with Crippen LogP contribution in [0.2, 0.25) is 0 Å². The summed E-state index contributed by atoms with van der Waals surface area (Å²) >= 11 is 0. The number of hydrogen-bond donors (Lipinski definition) is 1. The van der Waals surface area contributed by atoms with E-state index in [-0.39, 0.29) is 17.5 Å². The Hall–Kier alpha value is -0.520. The molecule has 5 nitrogen and oxygen atoms in total. The van der Waals surface area contributed by atoms with Crippen LogP contribution in [0, 0.1) is 4.91 Å². The van der Waals surface area contributed by atoms with Gasteiger partial charge in [0.2, 0.25) is 0 Å². The van der Waals surface area contributed by atoms with Crippen molar-refractivity contribution >= 4 is 0 Å². The van der Waals surface area contributed by atoms with Crippen molar-refractivity contribution < 1.29 is 11.0 Å². The van der Waals surface area contributed by atoms with Crippen LogP contribution in [0.1, 0.15) is 0 Å². The van der Waals surface area contributed by atoms with E-state index in [1.54, 1.807) is 0 Å². The van der Waals surface area contributed by atoms with Crippen molar-refractivity contribution in [2.75, 3.05) is 13.1 Å². The maximum absolute atomic E-state index is 9.07. The number of hydrogen-bond acceptors (Lipinski definition) is 3. The molecule has 0 heterocycles. The van der Waals surface area contributed by atoms with Gasteiger partial charge in [-0.25, -0.2) is 0 Å². The van der Waals surface area contributed by atoms with Crippen LogP contribution in [-0.2, 0) is 0 Å². The molecule has 0 aliphatic rings. The van der Waals surface area contributed by atoms with Crippen molar-refractivity contribution in [3.05, 3.63) is 4.91 Å². The molecule has 0 rings (SSSR count). The molecule has 0 saturated heterocycles. The maximum atomic E-state index is 9.07. The van der Waals surface area contributed by atoms with E-state index in [9.17, 15) is 0 Å². The number of rotatable bonds is 2. The first-order valence-electron chi connectivity index (χ1n) is 1.41. The molecular formula is C2H10N2O3. The van der Waals surface area contributed by atoms with E-state index >= 15 is 0 Å². The summed E-state index contributed by atoms with van der Waals surface area (Å²) in [6, 6.07) is 0. The standard InChI is InChI=1S/C2H6N2O.2H2O/c3-1-2-4-5;;/h1-3H2;2*1H2. The average molecular weight is 110 g/mol. The monoisotopic (exact) mass is 110 g/mol. The van der Waals surface area contributed by atoms with E-state index in [1.165, 1.54) is 0 Å². The van der Waals surface area contributed by atoms with Crippen molar-refractivity contribution in [1.82, 2.24) is 0 Å². The molecule has 5 heteroatoms. The number of nitrogens with two attached hydrogens (primary N) is 1. The minimum Gasteiger partial charge on any atom is -0.412 e. The molecule has 7 heavy (non-hydrogen) atoms. The fourth-order valence-electron chi connectivity index (χ4n) is 0.0527. The van der Waals surface area contributed by atoms with Crippen LogP contribution in [0.5, 0.6) is 0 Å². The zero-order valence-corrected chi connectivity index (χ0v) is 3.85. The predicted octanol–water partition coefficient (Wildman–Crippen LogP) is -1.94. The summed E-state index contributed by atoms with van der Waals surface area (Å²) in [5.41, 5.74) is 4.85. The maximum Gasteiger partial charge on any atom is 0.0933 e. The van der Waals surface area contributed by atoms with Crippen molar-refractivity contribution in [3.8, 4) is 0 Å². The van der Waals surface area contributed by atoms with Crippen LogP contribution < -0.4 is 5.73 Å². The van der Waals surface area contributed by atoms with Gasteiger partial charge in [-0.2, -0.15) is 4.91 Å². The van der Waals surface area contributed by atoms with Crippen molar-refractivity contribution in [3.63, 3.8) is 0 Å². The average Bonchev–Trinajstić information content (AvgIpc) is 1.41. The Labute approximate surface area is 41.1 Å². The van der Waals surface area contributed by atoms with Gasteiger partial charge >= 0.3 is 0 Å². The first-order valence-corrected chi connectivity index (χ1v) is 1.41. The minimum absolute atomic E-state index is 0. The van der Waals surface area contributed by atoms with E-state index < -0.39 is 0 Å². The summed E-state index contributed by atoms with van der Waals surface area (Å²) in [6.07, 6.45) is 0. The SMILES string of the molecule is NCCN=O.O.O. The van der Waals surface area contributed by atoms with Crippen LogP contribution >= 0.6 is 0 Å². The lowest BCUT2D eigenvalue weighted by molar-refractivity contribution is 0.823. The van der Waals surface area contributed by atoms with E-state index in [0.29, 0.717) is 6.54 Å². The third kappa shape index (κ3) is 30.3. The Kier molecular flexibility index (Phi) is 41.0. The lowest BCUT2D eigenvalue weighted by Crippen LogP contribution is -2.00. The molecule has 0 atom stereocenters. The first-order chi connectivity index (χ1) is 2.41. The Morgan fingerprint density at radius 2 is 1.86 bits per heavy atom. The van der Waals surface area contributed by atoms with Crippen molar-refractivity contribution in [2.45, 2.75) is 0 Å². The zero-order valence-electron chi connectivity index (χ0n) is 3.85. The van der Waals surface area contributed by atoms with Gasteiger partial charge in [-0.05, 0) is 0 Å². The fourth-order valence-corrected chi connectivity index (χ4v) is 0.0527. The highest BCUT2D eigenvalue weighted by molar-refractivity contribution is 4.35. The van der Waals surface area contributed by atoms with Crippen LogP contribution in [0.3, 0.4) is 0 Å². The van der Waals surface area contributed by atoms with E-state index in [2.05, 4.69) is 5.18 Å². The molecule has 0 bridgehead atoms. The normalized spacial score (nSPS) is 5.29. The lowest BCUT2D eigenvalue weighted by atomic mass is 10.7. The molecule has 0 aromatic rings. The molecule has 0 spiro atoms. The van der Waals surface area contributed by atoms with Crippen LogP contribution in [0.15, 0.2) is 5.18 Å². The molecule has 0 aromatic heterocycles. The molecule has 0 radical (unpaired) electrons. The van der Waals surface area contributed by atoms with Gasteiger partial charge in [0.25, 0.3) is 0 Å². The predicted molar refractivity (Wildman–Crippen MR) is 26.9 cm³/mol. The Morgan fingerprint density at radius 3 is 1.86 bits per heavy atom. The van der Waals surface area contributed by atoms with Gasteiger partial charge in [-0.15, -0.1) is 0 Å². The highest BCUT2D eigenvalue weighted by Gasteiger charge is 1.66. The van der Waals surface area contributed by atoms with Gasteiger partial charge in [-0.1, -0.05) is 5.18 Å². The molecular weight excluding hydrogens is 100 g/mol. The third-order valence-electron chi connectivity index (χ3n) is 0.220. The molecule has 0 aliphatic heterocycles. The molecule has 6 N–H and O–H groups in total. The highest BCUT2D eigenvalue weighted by Crippen LogP contribution is 1.53. The summed E-state index contributed by atoms with van der Waals surface area (Å²) in [5.74, 6) is 0. The Bertz CT molecular complexity index is 32.1. The molecule has 0 saturated carbocycles. The second kappa shape index (κ2) is 17.9. The molecule has 46 valence electrons. The summed E-state index contributed by atoms with van der Waals surface area (Å²) < 4.78 is 0. The van der Waals surface area contributed by atoms with Gasteiger partial charge in [0.1, 0.15) is 0 Å². The topological polar surface area (TPSA) is 118 Å². The minimum atomic E-state index is 0. The van der Waals surface area contributed by atoms with Gasteiger partial charge < -0.3 is 16.7 Å². The number of nitrogens with zero attached hydrogens (tertiary/aromatic N) is 1. The summed E-state index contributed by atoms with van der Waals surface area (Å²) in [5, 5.41) is 2.48. The Morgan fingerprint density at radius 1 is 1.43 bits per heavy atom. The zero-order chi connectivity index (χ0) is 4.12. The van der Waals surface area contributed by atoms with Crippen LogP contribution in [-0.4, -0.2) is 24.0 Å². The van der Waals surface area contributed by atoms with Gasteiger partial charge in [0, 0.05) is 6.54 Å². The van der Waals surface area contributed by atoms with Crippen LogP contribution in [0.4, 0.5) is 0 Å². The lowest BCUT2D eigenvalue weighted by Gasteiger charge is -1.69. The van der Waals surface area contributed by atoms with E-state index in [4.69, 9.17) is 10.6 Å². The van der Waals surface area contributed by atoms with Gasteiger partial charge in [0.15, 0.2) is 0 Å². The van der Waals surface area contributed by atoms with Crippen molar-refractivity contribution in [2.24, 2.45) is 10.9 Å². The first kappa shape index (κ1) is 16.1. The largest absolute Gasteiger partial charge is 0.412 e. The quantitative estimate of drug-likeness (QED) is 0.416. The smallest absolute Gasteiger partial charge is 0.0933 e. The summed E-state index contributed by atoms with van der Waals surface area (Å²) in [6.45, 7) is 0.601. The molecule has 0 fully saturated rings. The number of nitroso groups, excluding NO2 is 1. The summed E-state index contributed by atoms with van der Waals surface area (Å²) in [7, 11) is 0. The summed E-state index contributed by atoms with van der Waals surface area (Å²) in [4.78, 5) is 9.07. The third-order valence-corrected chi connectivity index (χ3v) is 0.220. The molecule has 0 unspecified atom stereocenters. The second-order valence-corrected chi connectivity index (χ2v) is 0.641. The van der Waals surface area contributed by atoms with Crippen LogP contribution in [0.25, 0.3) is 0 Å². The van der Waals surface area contributed by atoms with E-state index in [1.807, 2.05) is 0 Å². The molecule has 0 aliphatic carbocycles. The Balaban J connectivity index is -0.0000000800. The molecule has 0 aromatic carbocycles. The second-order valence-electron chi connectivity index (χ2n) is 0.641. The van der Waals surface area contributed by atoms with Crippen molar-refractivity contribution in [1.29, 1.82) is 0 Å². The van der Waals surface area contributed by atoms with E-state index in [0.717, 1.165) is 0 Å². The molecule has 0 amide bonds. The fraction of sp³-hybridized carbons (Fsp3) is 1.00. The highest BCUT2D eigenvalue weighted by atomic mass is 16.3. The van der Waals surface area contributed by atoms with Gasteiger partial charge in [-0.3, -0.25) is 0 Å². The van der Waals surface area contributed by atoms with Gasteiger partial charge in [0.05, 0.1) is 6.54 Å².